The van der Waals surface area contributed by atoms with E-state index in [0.29, 0.717) is 18.5 Å². The molecule has 5 heteroatoms. The van der Waals surface area contributed by atoms with Gasteiger partial charge in [-0.1, -0.05) is 13.8 Å². The third-order valence-corrected chi connectivity index (χ3v) is 5.68. The van der Waals surface area contributed by atoms with Crippen LogP contribution in [0.25, 0.3) is 0 Å². The van der Waals surface area contributed by atoms with Crippen LogP contribution in [-0.2, 0) is 10.0 Å². The van der Waals surface area contributed by atoms with Crippen molar-refractivity contribution in [2.24, 2.45) is 11.8 Å². The van der Waals surface area contributed by atoms with E-state index in [9.17, 15) is 8.42 Å². The summed E-state index contributed by atoms with van der Waals surface area (Å²) in [5.74, 6) is 1.03. The number of piperidine rings is 1. The summed E-state index contributed by atoms with van der Waals surface area (Å²) in [5, 5.41) is 3.43. The van der Waals surface area contributed by atoms with E-state index in [-0.39, 0.29) is 11.7 Å². The van der Waals surface area contributed by atoms with E-state index in [2.05, 4.69) is 5.32 Å². The van der Waals surface area contributed by atoms with Crippen LogP contribution in [0.4, 0.5) is 0 Å². The van der Waals surface area contributed by atoms with E-state index in [1.165, 1.54) is 12.8 Å². The zero-order valence-corrected chi connectivity index (χ0v) is 11.0. The molecular formula is C11H22N2O2S. The van der Waals surface area contributed by atoms with Crippen LogP contribution in [-0.4, -0.2) is 44.2 Å². The summed E-state index contributed by atoms with van der Waals surface area (Å²) in [7, 11) is -3.02. The first-order chi connectivity index (χ1) is 7.49. The topological polar surface area (TPSA) is 49.4 Å². The number of nitrogens with zero attached hydrogens (tertiary/aromatic N) is 1. The minimum absolute atomic E-state index is 0.209. The van der Waals surface area contributed by atoms with Gasteiger partial charge in [-0.15, -0.1) is 0 Å². The van der Waals surface area contributed by atoms with Gasteiger partial charge in [-0.3, -0.25) is 0 Å². The van der Waals surface area contributed by atoms with Crippen molar-refractivity contribution in [2.75, 3.05) is 25.4 Å². The van der Waals surface area contributed by atoms with Crippen molar-refractivity contribution in [1.82, 2.24) is 9.62 Å². The Morgan fingerprint density at radius 1 is 1.38 bits per heavy atom. The Morgan fingerprint density at radius 2 is 2.12 bits per heavy atom. The molecule has 0 aliphatic carbocycles. The van der Waals surface area contributed by atoms with Crippen molar-refractivity contribution in [1.29, 1.82) is 0 Å². The fraction of sp³-hybridized carbons (Fsp3) is 1.00. The molecular weight excluding hydrogens is 224 g/mol. The van der Waals surface area contributed by atoms with E-state index in [1.807, 2.05) is 13.8 Å². The highest BCUT2D eigenvalue weighted by atomic mass is 32.2. The minimum atomic E-state index is -3.02. The second kappa shape index (κ2) is 4.63. The Morgan fingerprint density at radius 3 is 2.75 bits per heavy atom. The first kappa shape index (κ1) is 12.3. The van der Waals surface area contributed by atoms with E-state index >= 15 is 0 Å². The maximum absolute atomic E-state index is 12.1. The van der Waals surface area contributed by atoms with Crippen LogP contribution >= 0.6 is 0 Å². The highest BCUT2D eigenvalue weighted by Crippen LogP contribution is 2.27. The lowest BCUT2D eigenvalue weighted by atomic mass is 9.94. The highest BCUT2D eigenvalue weighted by molar-refractivity contribution is 7.89. The van der Waals surface area contributed by atoms with Gasteiger partial charge in [0.1, 0.15) is 0 Å². The average Bonchev–Trinajstić information content (AvgIpc) is 2.59. The second-order valence-electron chi connectivity index (χ2n) is 5.45. The van der Waals surface area contributed by atoms with Gasteiger partial charge in [0.2, 0.25) is 10.0 Å². The third kappa shape index (κ3) is 2.57. The molecule has 0 spiro atoms. The fourth-order valence-electron chi connectivity index (χ4n) is 2.76. The van der Waals surface area contributed by atoms with Crippen molar-refractivity contribution in [2.45, 2.75) is 32.7 Å². The maximum Gasteiger partial charge on any atom is 0.214 e. The van der Waals surface area contributed by atoms with Crippen LogP contribution in [0, 0.1) is 11.8 Å². The lowest BCUT2D eigenvalue weighted by molar-refractivity contribution is 0.339. The predicted octanol–water partition coefficient (Wildman–Crippen LogP) is 0.656. The summed E-state index contributed by atoms with van der Waals surface area (Å²) in [6, 6.07) is 0.399. The van der Waals surface area contributed by atoms with Crippen molar-refractivity contribution < 1.29 is 8.42 Å². The number of nitrogens with one attached hydrogen (secondary N) is 1. The largest absolute Gasteiger partial charge is 0.312 e. The SMILES string of the molecule is CC(C)CS(=O)(=O)N1C[C@@H]2CCCN[C@@H]2C1. The monoisotopic (exact) mass is 246 g/mol. The molecule has 4 nitrogen and oxygen atoms in total. The molecule has 2 aliphatic rings. The van der Waals surface area contributed by atoms with E-state index in [1.54, 1.807) is 4.31 Å². The maximum atomic E-state index is 12.1. The zero-order chi connectivity index (χ0) is 11.8. The molecule has 2 fully saturated rings. The molecule has 0 bridgehead atoms. The van der Waals surface area contributed by atoms with Crippen molar-refractivity contribution in [3.63, 3.8) is 0 Å². The molecule has 0 amide bonds. The first-order valence-corrected chi connectivity index (χ1v) is 7.81. The Bertz CT molecular complexity index is 326. The van der Waals surface area contributed by atoms with Gasteiger partial charge < -0.3 is 5.32 Å². The number of sulfonamides is 1. The van der Waals surface area contributed by atoms with Gasteiger partial charge >= 0.3 is 0 Å². The van der Waals surface area contributed by atoms with Gasteiger partial charge in [-0.25, -0.2) is 12.7 Å². The van der Waals surface area contributed by atoms with Gasteiger partial charge in [0.05, 0.1) is 5.75 Å². The van der Waals surface area contributed by atoms with Gasteiger partial charge in [0, 0.05) is 19.1 Å². The smallest absolute Gasteiger partial charge is 0.214 e. The molecule has 2 atom stereocenters. The van der Waals surface area contributed by atoms with Crippen LogP contribution in [0.1, 0.15) is 26.7 Å². The zero-order valence-electron chi connectivity index (χ0n) is 10.1. The number of hydrogen-bond donors (Lipinski definition) is 1. The quantitative estimate of drug-likeness (QED) is 0.796. The third-order valence-electron chi connectivity index (χ3n) is 3.50. The normalized spacial score (nSPS) is 31.9. The van der Waals surface area contributed by atoms with Crippen molar-refractivity contribution >= 4 is 10.0 Å². The predicted molar refractivity (Wildman–Crippen MR) is 64.7 cm³/mol. The van der Waals surface area contributed by atoms with Gasteiger partial charge in [-0.05, 0) is 31.2 Å². The Labute approximate surface area is 98.4 Å². The molecule has 94 valence electrons. The Hall–Kier alpha value is -0.130. The van der Waals surface area contributed by atoms with E-state index in [0.717, 1.165) is 13.1 Å². The van der Waals surface area contributed by atoms with Crippen LogP contribution in [0.5, 0.6) is 0 Å². The molecule has 0 unspecified atom stereocenters. The molecule has 0 radical (unpaired) electrons. The summed E-state index contributed by atoms with van der Waals surface area (Å²) in [6.07, 6.45) is 2.35. The van der Waals surface area contributed by atoms with Crippen LogP contribution in [0.15, 0.2) is 0 Å². The number of fused-ring (bicyclic) bond motifs is 1. The molecule has 0 aromatic carbocycles. The second-order valence-corrected chi connectivity index (χ2v) is 7.47. The summed E-state index contributed by atoms with van der Waals surface area (Å²) >= 11 is 0. The molecule has 2 aliphatic heterocycles. The van der Waals surface area contributed by atoms with E-state index in [4.69, 9.17) is 0 Å². The molecule has 2 rings (SSSR count). The fourth-order valence-corrected chi connectivity index (χ4v) is 4.62. The molecule has 16 heavy (non-hydrogen) atoms. The lowest BCUT2D eigenvalue weighted by Crippen LogP contribution is -2.41. The summed E-state index contributed by atoms with van der Waals surface area (Å²) < 4.78 is 25.9. The van der Waals surface area contributed by atoms with Crippen LogP contribution in [0.2, 0.25) is 0 Å². The Kier molecular flexibility index (Phi) is 3.56. The molecule has 2 saturated heterocycles. The van der Waals surface area contributed by atoms with Crippen LogP contribution in [0.3, 0.4) is 0 Å². The molecule has 2 heterocycles. The van der Waals surface area contributed by atoms with Crippen LogP contribution < -0.4 is 5.32 Å². The number of rotatable bonds is 3. The molecule has 0 aromatic heterocycles. The van der Waals surface area contributed by atoms with Gasteiger partial charge in [0.25, 0.3) is 0 Å². The summed E-state index contributed by atoms with van der Waals surface area (Å²) in [6.45, 7) is 6.36. The van der Waals surface area contributed by atoms with Gasteiger partial charge in [0.15, 0.2) is 0 Å². The first-order valence-electron chi connectivity index (χ1n) is 6.20. The highest BCUT2D eigenvalue weighted by Gasteiger charge is 2.39. The lowest BCUT2D eigenvalue weighted by Gasteiger charge is -2.24. The summed E-state index contributed by atoms with van der Waals surface area (Å²) in [4.78, 5) is 0. The Balaban J connectivity index is 2.02. The van der Waals surface area contributed by atoms with Gasteiger partial charge in [-0.2, -0.15) is 0 Å². The average molecular weight is 246 g/mol. The standard InChI is InChI=1S/C11H22N2O2S/c1-9(2)8-16(14,15)13-6-10-4-3-5-12-11(10)7-13/h9-12H,3-8H2,1-2H3/t10-,11+/m0/s1. The summed E-state index contributed by atoms with van der Waals surface area (Å²) in [5.41, 5.74) is 0. The van der Waals surface area contributed by atoms with Crippen molar-refractivity contribution in [3.8, 4) is 0 Å². The van der Waals surface area contributed by atoms with E-state index < -0.39 is 10.0 Å². The molecule has 1 N–H and O–H groups in total. The molecule has 0 aromatic rings. The minimum Gasteiger partial charge on any atom is -0.312 e. The van der Waals surface area contributed by atoms with Crippen molar-refractivity contribution in [3.05, 3.63) is 0 Å². The number of hydrogen-bond acceptors (Lipinski definition) is 3. The molecule has 0 saturated carbocycles.